The lowest BCUT2D eigenvalue weighted by atomic mass is 10.4. The van der Waals surface area contributed by atoms with Crippen LogP contribution in [0.3, 0.4) is 0 Å². The molecule has 2 rings (SSSR count). The van der Waals surface area contributed by atoms with Crippen LogP contribution in [0.25, 0.3) is 0 Å². The van der Waals surface area contributed by atoms with Gasteiger partial charge in [0.25, 0.3) is 0 Å². The van der Waals surface area contributed by atoms with E-state index in [0.717, 1.165) is 28.5 Å². The lowest BCUT2D eigenvalue weighted by Crippen LogP contribution is -2.17. The number of nitrogens with zero attached hydrogens (tertiary/aromatic N) is 3. The van der Waals surface area contributed by atoms with Crippen molar-refractivity contribution in [3.8, 4) is 0 Å². The molecule has 0 atom stereocenters. The molecular weight excluding hydrogens is 222 g/mol. The van der Waals surface area contributed by atoms with Crippen molar-refractivity contribution in [3.05, 3.63) is 35.2 Å². The maximum absolute atomic E-state index is 10.6. The van der Waals surface area contributed by atoms with E-state index >= 15 is 0 Å². The number of aldehydes is 1. The third-order valence-corrected chi connectivity index (χ3v) is 3.53. The zero-order valence-corrected chi connectivity index (χ0v) is 10.1. The maximum atomic E-state index is 10.6. The van der Waals surface area contributed by atoms with Gasteiger partial charge in [0.05, 0.1) is 16.4 Å². The first kappa shape index (κ1) is 10.9. The average Bonchev–Trinajstić information content (AvgIpc) is 2.88. The summed E-state index contributed by atoms with van der Waals surface area (Å²) in [5, 5.41) is 1.07. The van der Waals surface area contributed by atoms with Gasteiger partial charge in [-0.05, 0) is 12.1 Å². The van der Waals surface area contributed by atoms with Crippen molar-refractivity contribution in [1.29, 1.82) is 0 Å². The van der Waals surface area contributed by atoms with E-state index in [-0.39, 0.29) is 0 Å². The predicted octanol–water partition coefficient (Wildman–Crippen LogP) is 1.93. The second-order valence-corrected chi connectivity index (χ2v) is 4.70. The van der Waals surface area contributed by atoms with Crippen LogP contribution in [0.15, 0.2) is 24.5 Å². The Morgan fingerprint density at radius 1 is 1.56 bits per heavy atom. The van der Waals surface area contributed by atoms with Gasteiger partial charge in [-0.3, -0.25) is 4.79 Å². The Morgan fingerprint density at radius 2 is 2.38 bits per heavy atom. The Hall–Kier alpha value is -1.62. The Labute approximate surface area is 98.1 Å². The Morgan fingerprint density at radius 3 is 2.94 bits per heavy atom. The number of hydrogen-bond acceptors (Lipinski definition) is 4. The van der Waals surface area contributed by atoms with Gasteiger partial charge in [-0.15, -0.1) is 11.3 Å². The van der Waals surface area contributed by atoms with Gasteiger partial charge in [0.1, 0.15) is 5.82 Å². The van der Waals surface area contributed by atoms with E-state index in [9.17, 15) is 4.79 Å². The molecule has 16 heavy (non-hydrogen) atoms. The van der Waals surface area contributed by atoms with E-state index in [0.29, 0.717) is 0 Å². The highest BCUT2D eigenvalue weighted by Crippen LogP contribution is 2.24. The van der Waals surface area contributed by atoms with Crippen molar-refractivity contribution >= 4 is 22.6 Å². The molecule has 0 N–H and O–H groups in total. The van der Waals surface area contributed by atoms with Crippen molar-refractivity contribution < 1.29 is 4.79 Å². The molecule has 0 radical (unpaired) electrons. The number of anilines is 1. The molecule has 0 saturated heterocycles. The number of imidazole rings is 1. The van der Waals surface area contributed by atoms with Gasteiger partial charge in [0, 0.05) is 26.5 Å². The summed E-state index contributed by atoms with van der Waals surface area (Å²) in [4.78, 5) is 17.7. The van der Waals surface area contributed by atoms with Gasteiger partial charge in [-0.1, -0.05) is 0 Å². The average molecular weight is 235 g/mol. The molecule has 0 fully saturated rings. The molecule has 5 heteroatoms. The van der Waals surface area contributed by atoms with Crippen LogP contribution < -0.4 is 4.90 Å². The molecule has 0 aliphatic carbocycles. The van der Waals surface area contributed by atoms with Gasteiger partial charge in [-0.25, -0.2) is 4.98 Å². The van der Waals surface area contributed by atoms with Crippen molar-refractivity contribution in [2.45, 2.75) is 6.54 Å². The van der Waals surface area contributed by atoms with E-state index in [1.54, 1.807) is 6.20 Å². The van der Waals surface area contributed by atoms with Gasteiger partial charge in [0.2, 0.25) is 0 Å². The fraction of sp³-hybridized carbons (Fsp3) is 0.273. The lowest BCUT2D eigenvalue weighted by Gasteiger charge is -2.16. The highest BCUT2D eigenvalue weighted by molar-refractivity contribution is 7.17. The largest absolute Gasteiger partial charge is 0.359 e. The summed E-state index contributed by atoms with van der Waals surface area (Å²) in [7, 11) is 3.97. The second-order valence-electron chi connectivity index (χ2n) is 3.60. The summed E-state index contributed by atoms with van der Waals surface area (Å²) in [5.41, 5.74) is 0. The minimum absolute atomic E-state index is 0.738. The first-order valence-electron chi connectivity index (χ1n) is 4.93. The van der Waals surface area contributed by atoms with Crippen molar-refractivity contribution in [3.63, 3.8) is 0 Å². The van der Waals surface area contributed by atoms with Gasteiger partial charge < -0.3 is 9.47 Å². The van der Waals surface area contributed by atoms with Gasteiger partial charge in [-0.2, -0.15) is 0 Å². The molecule has 2 aromatic rings. The van der Waals surface area contributed by atoms with Crippen molar-refractivity contribution in [1.82, 2.24) is 9.55 Å². The fourth-order valence-electron chi connectivity index (χ4n) is 1.45. The minimum atomic E-state index is 0.738. The summed E-state index contributed by atoms with van der Waals surface area (Å²) >= 11 is 1.49. The third-order valence-electron chi connectivity index (χ3n) is 2.40. The molecule has 2 heterocycles. The molecular formula is C11H13N3OS. The quantitative estimate of drug-likeness (QED) is 0.760. The van der Waals surface area contributed by atoms with Gasteiger partial charge >= 0.3 is 0 Å². The standard InChI is InChI=1S/C11H13N3OS/c1-13-6-5-12-10(13)7-14(2)11-4-3-9(8-15)16-11/h3-6,8H,7H2,1-2H3. The van der Waals surface area contributed by atoms with Crippen LogP contribution in [-0.2, 0) is 13.6 Å². The summed E-state index contributed by atoms with van der Waals surface area (Å²) in [6, 6.07) is 3.79. The number of carbonyl (C=O) groups excluding carboxylic acids is 1. The Kier molecular flexibility index (Phi) is 3.05. The summed E-state index contributed by atoms with van der Waals surface area (Å²) in [5.74, 6) is 1.00. The van der Waals surface area contributed by atoms with Crippen LogP contribution >= 0.6 is 11.3 Å². The predicted molar refractivity (Wildman–Crippen MR) is 65.0 cm³/mol. The van der Waals surface area contributed by atoms with Crippen LogP contribution in [0.4, 0.5) is 5.00 Å². The summed E-state index contributed by atoms with van der Waals surface area (Å²) < 4.78 is 1.99. The first-order valence-corrected chi connectivity index (χ1v) is 5.74. The molecule has 0 aliphatic heterocycles. The number of thiophene rings is 1. The molecule has 4 nitrogen and oxygen atoms in total. The van der Waals surface area contributed by atoms with E-state index in [1.807, 2.05) is 37.0 Å². The number of hydrogen-bond donors (Lipinski definition) is 0. The zero-order chi connectivity index (χ0) is 11.5. The number of aryl methyl sites for hydroxylation is 1. The number of carbonyl (C=O) groups is 1. The zero-order valence-electron chi connectivity index (χ0n) is 9.25. The topological polar surface area (TPSA) is 38.1 Å². The molecule has 0 amide bonds. The van der Waals surface area contributed by atoms with E-state index in [2.05, 4.69) is 9.88 Å². The van der Waals surface area contributed by atoms with Crippen LogP contribution in [0, 0.1) is 0 Å². The summed E-state index contributed by atoms with van der Waals surface area (Å²) in [6.07, 6.45) is 4.59. The molecule has 0 saturated carbocycles. The second kappa shape index (κ2) is 4.49. The summed E-state index contributed by atoms with van der Waals surface area (Å²) in [6.45, 7) is 0.738. The van der Waals surface area contributed by atoms with Crippen LogP contribution in [0.2, 0.25) is 0 Å². The highest BCUT2D eigenvalue weighted by atomic mass is 32.1. The SMILES string of the molecule is CN(Cc1nccn1C)c1ccc(C=O)s1. The van der Waals surface area contributed by atoms with E-state index in [1.165, 1.54) is 11.3 Å². The molecule has 0 unspecified atom stereocenters. The molecule has 0 spiro atoms. The highest BCUT2D eigenvalue weighted by Gasteiger charge is 2.07. The van der Waals surface area contributed by atoms with E-state index in [4.69, 9.17) is 0 Å². The maximum Gasteiger partial charge on any atom is 0.160 e. The third kappa shape index (κ3) is 2.14. The normalized spacial score (nSPS) is 10.4. The monoisotopic (exact) mass is 235 g/mol. The van der Waals surface area contributed by atoms with Crippen LogP contribution in [-0.4, -0.2) is 22.9 Å². The van der Waals surface area contributed by atoms with Crippen LogP contribution in [0.1, 0.15) is 15.5 Å². The lowest BCUT2D eigenvalue weighted by molar-refractivity contribution is 0.112. The van der Waals surface area contributed by atoms with Crippen molar-refractivity contribution in [2.75, 3.05) is 11.9 Å². The number of rotatable bonds is 4. The van der Waals surface area contributed by atoms with Crippen LogP contribution in [0.5, 0.6) is 0 Å². The van der Waals surface area contributed by atoms with E-state index < -0.39 is 0 Å². The molecule has 2 aromatic heterocycles. The smallest absolute Gasteiger partial charge is 0.160 e. The molecule has 0 aromatic carbocycles. The number of aromatic nitrogens is 2. The van der Waals surface area contributed by atoms with Gasteiger partial charge in [0.15, 0.2) is 6.29 Å². The molecule has 84 valence electrons. The fourth-order valence-corrected chi connectivity index (χ4v) is 2.23. The minimum Gasteiger partial charge on any atom is -0.359 e. The molecule has 0 bridgehead atoms. The first-order chi connectivity index (χ1) is 7.70. The molecule has 0 aliphatic rings. The van der Waals surface area contributed by atoms with Crippen molar-refractivity contribution in [2.24, 2.45) is 7.05 Å². The Bertz CT molecular complexity index is 489. The Balaban J connectivity index is 2.11.